The lowest BCUT2D eigenvalue weighted by Crippen LogP contribution is -2.04. The van der Waals surface area contributed by atoms with Crippen molar-refractivity contribution in [2.24, 2.45) is 0 Å². The van der Waals surface area contributed by atoms with Crippen molar-refractivity contribution in [1.82, 2.24) is 4.98 Å². The molecule has 0 amide bonds. The minimum atomic E-state index is -3.33. The number of nitrogens with zero attached hydrogens (tertiary/aromatic N) is 1. The smallest absolute Gasteiger partial charge is 0.184 e. The number of aromatic nitrogens is 1. The van der Waals surface area contributed by atoms with Gasteiger partial charge in [0, 0.05) is 10.4 Å². The molecule has 0 aliphatic rings. The van der Waals surface area contributed by atoms with Gasteiger partial charge in [0.1, 0.15) is 17.0 Å². The minimum absolute atomic E-state index is 0.0944. The second-order valence-electron chi connectivity index (χ2n) is 3.08. The van der Waals surface area contributed by atoms with Gasteiger partial charge in [-0.1, -0.05) is 11.6 Å². The standard InChI is InChI=1S/C10H7ClNO2S2/c11-8-1-3-9(4-2-8)16(13,14)7-10-12-5-6-15-10/h1-4,6H,7H2. The van der Waals surface area contributed by atoms with Gasteiger partial charge < -0.3 is 0 Å². The molecule has 0 aliphatic heterocycles. The van der Waals surface area contributed by atoms with Crippen LogP contribution in [0.3, 0.4) is 0 Å². The lowest BCUT2D eigenvalue weighted by molar-refractivity contribution is 0.595. The van der Waals surface area contributed by atoms with Crippen LogP contribution in [0.4, 0.5) is 0 Å². The summed E-state index contributed by atoms with van der Waals surface area (Å²) in [7, 11) is -3.33. The average molecular weight is 273 g/mol. The van der Waals surface area contributed by atoms with E-state index in [9.17, 15) is 8.42 Å². The maximum absolute atomic E-state index is 11.9. The average Bonchev–Trinajstić information content (AvgIpc) is 2.70. The molecule has 83 valence electrons. The molecule has 0 unspecified atom stereocenters. The van der Waals surface area contributed by atoms with Gasteiger partial charge in [-0.3, -0.25) is 0 Å². The minimum Gasteiger partial charge on any atom is -0.238 e. The quantitative estimate of drug-likeness (QED) is 0.863. The first-order valence-corrected chi connectivity index (χ1v) is 7.28. The van der Waals surface area contributed by atoms with E-state index in [0.29, 0.717) is 10.0 Å². The first-order valence-electron chi connectivity index (χ1n) is 4.37. The van der Waals surface area contributed by atoms with Gasteiger partial charge in [-0.05, 0) is 24.3 Å². The van der Waals surface area contributed by atoms with E-state index in [0.717, 1.165) is 0 Å². The Kier molecular flexibility index (Phi) is 3.28. The summed E-state index contributed by atoms with van der Waals surface area (Å²) in [4.78, 5) is 4.09. The summed E-state index contributed by atoms with van der Waals surface area (Å²) < 4.78 is 23.8. The molecular formula is C10H7ClNO2S2. The van der Waals surface area contributed by atoms with Crippen molar-refractivity contribution >= 4 is 32.8 Å². The highest BCUT2D eigenvalue weighted by molar-refractivity contribution is 7.90. The van der Waals surface area contributed by atoms with Crippen LogP contribution in [0.15, 0.2) is 34.5 Å². The van der Waals surface area contributed by atoms with Crippen LogP contribution in [-0.4, -0.2) is 13.4 Å². The van der Waals surface area contributed by atoms with Crippen LogP contribution in [-0.2, 0) is 15.6 Å². The molecule has 0 saturated heterocycles. The van der Waals surface area contributed by atoms with Gasteiger partial charge in [0.05, 0.1) is 4.90 Å². The van der Waals surface area contributed by atoms with E-state index >= 15 is 0 Å². The Morgan fingerprint density at radius 3 is 2.56 bits per heavy atom. The lowest BCUT2D eigenvalue weighted by atomic mass is 10.4. The summed E-state index contributed by atoms with van der Waals surface area (Å²) in [6.07, 6.45) is 2.60. The normalized spacial score (nSPS) is 11.6. The molecule has 0 aliphatic carbocycles. The van der Waals surface area contributed by atoms with E-state index in [1.165, 1.54) is 23.5 Å². The van der Waals surface area contributed by atoms with Crippen LogP contribution >= 0.6 is 22.9 Å². The van der Waals surface area contributed by atoms with Crippen LogP contribution < -0.4 is 0 Å². The summed E-state index contributed by atoms with van der Waals surface area (Å²) in [5, 5.41) is 2.68. The molecule has 1 radical (unpaired) electrons. The Morgan fingerprint density at radius 2 is 2.00 bits per heavy atom. The fourth-order valence-electron chi connectivity index (χ4n) is 1.17. The number of halogens is 1. The summed E-state index contributed by atoms with van der Waals surface area (Å²) in [6, 6.07) is 6.11. The van der Waals surface area contributed by atoms with E-state index < -0.39 is 9.84 Å². The predicted octanol–water partition coefficient (Wildman–Crippen LogP) is 2.57. The highest BCUT2D eigenvalue weighted by Gasteiger charge is 2.16. The molecule has 1 aromatic heterocycles. The Morgan fingerprint density at radius 1 is 1.31 bits per heavy atom. The Labute approximate surface area is 103 Å². The number of hydrogen-bond acceptors (Lipinski definition) is 4. The Hall–Kier alpha value is -0.910. The number of rotatable bonds is 3. The van der Waals surface area contributed by atoms with Gasteiger partial charge in [-0.15, -0.1) is 11.3 Å². The van der Waals surface area contributed by atoms with Gasteiger partial charge >= 0.3 is 0 Å². The lowest BCUT2D eigenvalue weighted by Gasteiger charge is -2.01. The van der Waals surface area contributed by atoms with Gasteiger partial charge in [0.25, 0.3) is 0 Å². The van der Waals surface area contributed by atoms with Crippen molar-refractivity contribution in [1.29, 1.82) is 0 Å². The van der Waals surface area contributed by atoms with Gasteiger partial charge in [-0.25, -0.2) is 13.4 Å². The molecule has 16 heavy (non-hydrogen) atoms. The van der Waals surface area contributed by atoms with E-state index in [4.69, 9.17) is 11.6 Å². The fourth-order valence-corrected chi connectivity index (χ4v) is 3.49. The van der Waals surface area contributed by atoms with Crippen LogP contribution in [0.2, 0.25) is 5.02 Å². The highest BCUT2D eigenvalue weighted by atomic mass is 35.5. The highest BCUT2D eigenvalue weighted by Crippen LogP contribution is 2.19. The molecule has 3 nitrogen and oxygen atoms in total. The molecule has 2 aromatic rings. The van der Waals surface area contributed by atoms with E-state index in [-0.39, 0.29) is 10.6 Å². The number of hydrogen-bond donors (Lipinski definition) is 0. The molecule has 0 spiro atoms. The van der Waals surface area contributed by atoms with Crippen molar-refractivity contribution in [3.8, 4) is 0 Å². The Balaban J connectivity index is 2.29. The van der Waals surface area contributed by atoms with E-state index in [2.05, 4.69) is 11.2 Å². The SMILES string of the molecule is O=S(=O)(Cc1n[c]cs1)c1ccc(Cl)cc1. The van der Waals surface area contributed by atoms with Gasteiger partial charge in [0.15, 0.2) is 9.84 Å². The molecule has 0 atom stereocenters. The van der Waals surface area contributed by atoms with Crippen LogP contribution in [0, 0.1) is 6.20 Å². The molecule has 6 heteroatoms. The predicted molar refractivity (Wildman–Crippen MR) is 63.3 cm³/mol. The summed E-state index contributed by atoms with van der Waals surface area (Å²) >= 11 is 6.97. The maximum atomic E-state index is 11.9. The summed E-state index contributed by atoms with van der Waals surface area (Å²) in [6.45, 7) is 0. The topological polar surface area (TPSA) is 47.0 Å². The molecule has 0 N–H and O–H groups in total. The van der Waals surface area contributed by atoms with Crippen LogP contribution in [0.1, 0.15) is 5.01 Å². The summed E-state index contributed by atoms with van der Waals surface area (Å²) in [5.41, 5.74) is 0. The second kappa shape index (κ2) is 4.53. The zero-order chi connectivity index (χ0) is 11.6. The summed E-state index contributed by atoms with van der Waals surface area (Å²) in [5.74, 6) is -0.0944. The number of sulfone groups is 1. The van der Waals surface area contributed by atoms with Gasteiger partial charge in [-0.2, -0.15) is 0 Å². The second-order valence-corrected chi connectivity index (χ2v) is 6.45. The molecule has 0 saturated carbocycles. The van der Waals surface area contributed by atoms with E-state index in [1.54, 1.807) is 17.5 Å². The largest absolute Gasteiger partial charge is 0.238 e. The zero-order valence-electron chi connectivity index (χ0n) is 8.05. The van der Waals surface area contributed by atoms with Gasteiger partial charge in [0.2, 0.25) is 0 Å². The van der Waals surface area contributed by atoms with Crippen LogP contribution in [0.5, 0.6) is 0 Å². The molecule has 2 rings (SSSR count). The molecule has 1 aromatic carbocycles. The molecule has 1 heterocycles. The molecule has 0 fully saturated rings. The third kappa shape index (κ3) is 2.61. The Bertz CT molecular complexity index is 561. The van der Waals surface area contributed by atoms with Crippen molar-refractivity contribution < 1.29 is 8.42 Å². The third-order valence-corrected chi connectivity index (χ3v) is 4.73. The number of thiazole rings is 1. The van der Waals surface area contributed by atoms with E-state index in [1.807, 2.05) is 0 Å². The number of benzene rings is 1. The zero-order valence-corrected chi connectivity index (χ0v) is 10.4. The van der Waals surface area contributed by atoms with Crippen molar-refractivity contribution in [2.75, 3.05) is 0 Å². The van der Waals surface area contributed by atoms with Crippen molar-refractivity contribution in [3.63, 3.8) is 0 Å². The first kappa shape index (κ1) is 11.6. The molecule has 0 bridgehead atoms. The third-order valence-electron chi connectivity index (χ3n) is 1.92. The van der Waals surface area contributed by atoms with Crippen LogP contribution in [0.25, 0.3) is 0 Å². The van der Waals surface area contributed by atoms with Crippen molar-refractivity contribution in [2.45, 2.75) is 10.6 Å². The first-order chi connectivity index (χ1) is 7.58. The monoisotopic (exact) mass is 272 g/mol. The van der Waals surface area contributed by atoms with Crippen molar-refractivity contribution in [3.05, 3.63) is 45.9 Å². The maximum Gasteiger partial charge on any atom is 0.184 e. The molecular weight excluding hydrogens is 266 g/mol. The fraction of sp³-hybridized carbons (Fsp3) is 0.100.